The number of benzene rings is 1. The molecule has 2 rings (SSSR count). The standard InChI is InChI=1S/C11H11FN2O/c1-2-15-11-5-8(12)3-4-9(11)10-6-13-7-14-10/h3-7H,2H2,1H3,(H,13,14). The number of rotatable bonds is 3. The van der Waals surface area contributed by atoms with Crippen LogP contribution < -0.4 is 4.74 Å². The minimum atomic E-state index is -0.304. The molecule has 1 aromatic carbocycles. The predicted octanol–water partition coefficient (Wildman–Crippen LogP) is 2.61. The second kappa shape index (κ2) is 4.13. The lowest BCUT2D eigenvalue weighted by molar-refractivity contribution is 0.339. The van der Waals surface area contributed by atoms with Gasteiger partial charge in [0.2, 0.25) is 0 Å². The smallest absolute Gasteiger partial charge is 0.131 e. The Balaban J connectivity index is 2.46. The molecule has 0 unspecified atom stereocenters. The molecule has 0 amide bonds. The van der Waals surface area contributed by atoms with E-state index in [9.17, 15) is 4.39 Å². The van der Waals surface area contributed by atoms with Gasteiger partial charge in [0.05, 0.1) is 24.8 Å². The zero-order valence-electron chi connectivity index (χ0n) is 8.33. The van der Waals surface area contributed by atoms with Gasteiger partial charge in [0.25, 0.3) is 0 Å². The fourth-order valence-corrected chi connectivity index (χ4v) is 1.40. The fourth-order valence-electron chi connectivity index (χ4n) is 1.40. The van der Waals surface area contributed by atoms with Crippen LogP contribution in [0.2, 0.25) is 0 Å². The van der Waals surface area contributed by atoms with E-state index in [0.717, 1.165) is 11.3 Å². The van der Waals surface area contributed by atoms with Gasteiger partial charge in [0.1, 0.15) is 11.6 Å². The van der Waals surface area contributed by atoms with Gasteiger partial charge in [0, 0.05) is 11.6 Å². The zero-order chi connectivity index (χ0) is 10.7. The average Bonchev–Trinajstić information content (AvgIpc) is 2.71. The van der Waals surface area contributed by atoms with Crippen molar-refractivity contribution in [3.8, 4) is 17.0 Å². The van der Waals surface area contributed by atoms with Crippen LogP contribution in [0.4, 0.5) is 4.39 Å². The molecule has 0 saturated carbocycles. The Morgan fingerprint density at radius 2 is 2.33 bits per heavy atom. The van der Waals surface area contributed by atoms with Gasteiger partial charge in [-0.05, 0) is 19.1 Å². The third-order valence-corrected chi connectivity index (χ3v) is 2.03. The molecule has 0 atom stereocenters. The van der Waals surface area contributed by atoms with Crippen molar-refractivity contribution >= 4 is 0 Å². The second-order valence-electron chi connectivity index (χ2n) is 3.04. The maximum Gasteiger partial charge on any atom is 0.131 e. The number of nitrogens with one attached hydrogen (secondary N) is 1. The van der Waals surface area contributed by atoms with Crippen LogP contribution in [0, 0.1) is 5.82 Å². The highest BCUT2D eigenvalue weighted by molar-refractivity contribution is 5.66. The highest BCUT2D eigenvalue weighted by Gasteiger charge is 2.08. The third kappa shape index (κ3) is 1.98. The van der Waals surface area contributed by atoms with E-state index in [1.165, 1.54) is 12.1 Å². The first-order valence-corrected chi connectivity index (χ1v) is 4.72. The van der Waals surface area contributed by atoms with Crippen molar-refractivity contribution in [2.75, 3.05) is 6.61 Å². The van der Waals surface area contributed by atoms with E-state index in [1.54, 1.807) is 18.6 Å². The van der Waals surface area contributed by atoms with E-state index in [0.29, 0.717) is 12.4 Å². The van der Waals surface area contributed by atoms with Crippen molar-refractivity contribution in [1.29, 1.82) is 0 Å². The van der Waals surface area contributed by atoms with Gasteiger partial charge < -0.3 is 9.72 Å². The quantitative estimate of drug-likeness (QED) is 0.838. The third-order valence-electron chi connectivity index (χ3n) is 2.03. The Morgan fingerprint density at radius 1 is 1.47 bits per heavy atom. The van der Waals surface area contributed by atoms with Crippen LogP contribution in [-0.2, 0) is 0 Å². The molecule has 15 heavy (non-hydrogen) atoms. The molecule has 1 aromatic heterocycles. The summed E-state index contributed by atoms with van der Waals surface area (Å²) in [6.07, 6.45) is 3.25. The van der Waals surface area contributed by atoms with E-state index >= 15 is 0 Å². The van der Waals surface area contributed by atoms with Crippen molar-refractivity contribution in [1.82, 2.24) is 9.97 Å². The summed E-state index contributed by atoms with van der Waals surface area (Å²) >= 11 is 0. The number of hydrogen-bond donors (Lipinski definition) is 1. The summed E-state index contributed by atoms with van der Waals surface area (Å²) in [7, 11) is 0. The Hall–Kier alpha value is -1.84. The molecule has 78 valence electrons. The van der Waals surface area contributed by atoms with E-state index in [2.05, 4.69) is 9.97 Å². The van der Waals surface area contributed by atoms with Crippen molar-refractivity contribution in [3.05, 3.63) is 36.5 Å². The number of imidazole rings is 1. The van der Waals surface area contributed by atoms with Crippen molar-refractivity contribution < 1.29 is 9.13 Å². The van der Waals surface area contributed by atoms with E-state index in [-0.39, 0.29) is 5.82 Å². The van der Waals surface area contributed by atoms with E-state index < -0.39 is 0 Å². The topological polar surface area (TPSA) is 37.9 Å². The Kier molecular flexibility index (Phi) is 2.67. The molecule has 0 radical (unpaired) electrons. The fraction of sp³-hybridized carbons (Fsp3) is 0.182. The second-order valence-corrected chi connectivity index (χ2v) is 3.04. The summed E-state index contributed by atoms with van der Waals surface area (Å²) in [6.45, 7) is 2.37. The molecule has 0 aliphatic carbocycles. The van der Waals surface area contributed by atoms with Crippen LogP contribution in [0.3, 0.4) is 0 Å². The first kappa shape index (κ1) is 9.71. The number of aromatic nitrogens is 2. The van der Waals surface area contributed by atoms with Gasteiger partial charge in [-0.3, -0.25) is 0 Å². The van der Waals surface area contributed by atoms with E-state index in [1.807, 2.05) is 6.92 Å². The largest absolute Gasteiger partial charge is 0.493 e. The number of halogens is 1. The number of H-pyrrole nitrogens is 1. The molecule has 0 bridgehead atoms. The summed E-state index contributed by atoms with van der Waals surface area (Å²) in [5.74, 6) is 0.225. The Bertz CT molecular complexity index is 440. The SMILES string of the molecule is CCOc1cc(F)ccc1-c1cnc[nH]1. The summed E-state index contributed by atoms with van der Waals surface area (Å²) in [5, 5.41) is 0. The molecule has 0 aliphatic heterocycles. The van der Waals surface area contributed by atoms with Crippen LogP contribution in [0.15, 0.2) is 30.7 Å². The number of nitrogens with zero attached hydrogens (tertiary/aromatic N) is 1. The number of hydrogen-bond acceptors (Lipinski definition) is 2. The lowest BCUT2D eigenvalue weighted by atomic mass is 10.1. The summed E-state index contributed by atoms with van der Waals surface area (Å²) in [6, 6.07) is 4.45. The Morgan fingerprint density at radius 3 is 3.00 bits per heavy atom. The van der Waals surface area contributed by atoms with Gasteiger partial charge in [-0.1, -0.05) is 0 Å². The molecule has 0 saturated heterocycles. The highest BCUT2D eigenvalue weighted by atomic mass is 19.1. The van der Waals surface area contributed by atoms with Crippen molar-refractivity contribution in [3.63, 3.8) is 0 Å². The maximum atomic E-state index is 13.0. The maximum absolute atomic E-state index is 13.0. The lowest BCUT2D eigenvalue weighted by Gasteiger charge is -2.08. The molecule has 0 aliphatic rings. The average molecular weight is 206 g/mol. The minimum Gasteiger partial charge on any atom is -0.493 e. The molecule has 0 spiro atoms. The predicted molar refractivity (Wildman–Crippen MR) is 55.2 cm³/mol. The molecule has 1 heterocycles. The molecule has 0 fully saturated rings. The van der Waals surface area contributed by atoms with Crippen LogP contribution in [0.25, 0.3) is 11.3 Å². The highest BCUT2D eigenvalue weighted by Crippen LogP contribution is 2.28. The van der Waals surface area contributed by atoms with Crippen LogP contribution in [0.1, 0.15) is 6.92 Å². The van der Waals surface area contributed by atoms with Gasteiger partial charge in [-0.25, -0.2) is 9.37 Å². The zero-order valence-corrected chi connectivity index (χ0v) is 8.33. The Labute approximate surface area is 86.9 Å². The first-order chi connectivity index (χ1) is 7.31. The summed E-state index contributed by atoms with van der Waals surface area (Å²) < 4.78 is 18.4. The molecule has 4 heteroatoms. The van der Waals surface area contributed by atoms with Crippen LogP contribution >= 0.6 is 0 Å². The number of aromatic amines is 1. The van der Waals surface area contributed by atoms with Crippen LogP contribution in [-0.4, -0.2) is 16.6 Å². The minimum absolute atomic E-state index is 0.304. The molecule has 2 aromatic rings. The van der Waals surface area contributed by atoms with Gasteiger partial charge in [-0.15, -0.1) is 0 Å². The summed E-state index contributed by atoms with van der Waals surface area (Å²) in [4.78, 5) is 6.88. The first-order valence-electron chi connectivity index (χ1n) is 4.72. The normalized spacial score (nSPS) is 10.3. The monoisotopic (exact) mass is 206 g/mol. The lowest BCUT2D eigenvalue weighted by Crippen LogP contribution is -1.95. The van der Waals surface area contributed by atoms with Gasteiger partial charge in [0.15, 0.2) is 0 Å². The molecular formula is C11H11FN2O. The summed E-state index contributed by atoms with van der Waals surface area (Å²) in [5.41, 5.74) is 1.63. The molecule has 3 nitrogen and oxygen atoms in total. The van der Waals surface area contributed by atoms with Gasteiger partial charge >= 0.3 is 0 Å². The van der Waals surface area contributed by atoms with E-state index in [4.69, 9.17) is 4.74 Å². The molecular weight excluding hydrogens is 195 g/mol. The molecule has 1 N–H and O–H groups in total. The van der Waals surface area contributed by atoms with Gasteiger partial charge in [-0.2, -0.15) is 0 Å². The number of ether oxygens (including phenoxy) is 1. The van der Waals surface area contributed by atoms with Crippen LogP contribution in [0.5, 0.6) is 5.75 Å². The van der Waals surface area contributed by atoms with Crippen molar-refractivity contribution in [2.24, 2.45) is 0 Å². The van der Waals surface area contributed by atoms with Crippen molar-refractivity contribution in [2.45, 2.75) is 6.92 Å².